The minimum atomic E-state index is -1.26. The molecule has 0 aliphatic rings. The van der Waals surface area contributed by atoms with Gasteiger partial charge in [-0.3, -0.25) is 0 Å². The van der Waals surface area contributed by atoms with E-state index in [1.165, 1.54) is 6.07 Å². The minimum Gasteiger partial charge on any atom is -0.374 e. The molecule has 3 nitrogen and oxygen atoms in total. The second-order valence-electron chi connectivity index (χ2n) is 3.88. The van der Waals surface area contributed by atoms with Crippen LogP contribution in [0.15, 0.2) is 18.2 Å². The van der Waals surface area contributed by atoms with Gasteiger partial charge in [0.15, 0.2) is 17.5 Å². The van der Waals surface area contributed by atoms with Gasteiger partial charge in [-0.2, -0.15) is 0 Å². The van der Waals surface area contributed by atoms with Gasteiger partial charge >= 0.3 is 0 Å². The minimum absolute atomic E-state index is 0.0637. The summed E-state index contributed by atoms with van der Waals surface area (Å²) in [7, 11) is 0. The maximum Gasteiger partial charge on any atom is 0.161 e. The fourth-order valence-corrected chi connectivity index (χ4v) is 1.78. The van der Waals surface area contributed by atoms with Crippen molar-refractivity contribution in [1.29, 1.82) is 0 Å². The van der Waals surface area contributed by atoms with Crippen LogP contribution in [0.2, 0.25) is 5.15 Å². The van der Waals surface area contributed by atoms with Gasteiger partial charge in [0, 0.05) is 24.3 Å². The van der Waals surface area contributed by atoms with Crippen molar-refractivity contribution in [3.05, 3.63) is 46.6 Å². The van der Waals surface area contributed by atoms with Crippen LogP contribution >= 0.6 is 11.6 Å². The third kappa shape index (κ3) is 3.26. The van der Waals surface area contributed by atoms with Gasteiger partial charge in [-0.1, -0.05) is 11.6 Å². The van der Waals surface area contributed by atoms with Crippen LogP contribution < -0.4 is 0 Å². The van der Waals surface area contributed by atoms with E-state index in [2.05, 4.69) is 9.97 Å². The molecule has 1 heterocycles. The Morgan fingerprint density at radius 1 is 1.05 bits per heavy atom. The Balaban J connectivity index is 2.47. The lowest BCUT2D eigenvalue weighted by atomic mass is 10.1. The lowest BCUT2D eigenvalue weighted by Gasteiger charge is -2.07. The van der Waals surface area contributed by atoms with E-state index >= 15 is 0 Å². The van der Waals surface area contributed by atoms with Crippen LogP contribution in [0.1, 0.15) is 12.7 Å². The lowest BCUT2D eigenvalue weighted by molar-refractivity contribution is 0.128. The van der Waals surface area contributed by atoms with Gasteiger partial charge < -0.3 is 4.74 Å². The summed E-state index contributed by atoms with van der Waals surface area (Å²) in [6.07, 6.45) is 0. The van der Waals surface area contributed by atoms with Crippen LogP contribution in [0.3, 0.4) is 0 Å². The fraction of sp³-hybridized carbons (Fsp3) is 0.231. The maximum atomic E-state index is 13.7. The molecule has 0 bridgehead atoms. The monoisotopic (exact) mass is 302 g/mol. The van der Waals surface area contributed by atoms with E-state index < -0.39 is 17.5 Å². The van der Waals surface area contributed by atoms with E-state index in [0.29, 0.717) is 12.7 Å². The summed E-state index contributed by atoms with van der Waals surface area (Å²) in [5.41, 5.74) is -0.123. The van der Waals surface area contributed by atoms with E-state index in [1.54, 1.807) is 6.92 Å². The molecule has 0 fully saturated rings. The van der Waals surface area contributed by atoms with Crippen LogP contribution in [0, 0.1) is 17.5 Å². The molecule has 0 aliphatic heterocycles. The van der Waals surface area contributed by atoms with Crippen LogP contribution in [-0.2, 0) is 11.3 Å². The Bertz CT molecular complexity index is 637. The summed E-state index contributed by atoms with van der Waals surface area (Å²) in [6, 6.07) is 2.46. The number of halogens is 4. The molecule has 0 atom stereocenters. The molecule has 1 aromatic carbocycles. The van der Waals surface area contributed by atoms with Crippen LogP contribution in [0.4, 0.5) is 13.2 Å². The largest absolute Gasteiger partial charge is 0.374 e. The molecule has 106 valence electrons. The van der Waals surface area contributed by atoms with Crippen molar-refractivity contribution in [2.24, 2.45) is 0 Å². The van der Waals surface area contributed by atoms with Crippen molar-refractivity contribution < 1.29 is 17.9 Å². The van der Waals surface area contributed by atoms with Gasteiger partial charge in [-0.25, -0.2) is 23.1 Å². The molecule has 0 saturated heterocycles. The van der Waals surface area contributed by atoms with Gasteiger partial charge in [0.05, 0.1) is 5.69 Å². The van der Waals surface area contributed by atoms with Gasteiger partial charge in [0.25, 0.3) is 0 Å². The van der Waals surface area contributed by atoms with Gasteiger partial charge in [0.2, 0.25) is 0 Å². The van der Waals surface area contributed by atoms with Crippen molar-refractivity contribution in [2.45, 2.75) is 13.5 Å². The molecule has 0 amide bonds. The topological polar surface area (TPSA) is 35.0 Å². The highest BCUT2D eigenvalue weighted by Crippen LogP contribution is 2.25. The molecule has 0 radical (unpaired) electrons. The standard InChI is InChI=1S/C13H10ClF3N2O/c1-2-20-6-13-18-11(5-12(14)19-13)7-3-9(16)10(17)4-8(7)15/h3-5H,2,6H2,1H3. The summed E-state index contributed by atoms with van der Waals surface area (Å²) in [5, 5.41) is 0.0637. The molecular weight excluding hydrogens is 293 g/mol. The summed E-state index contributed by atoms with van der Waals surface area (Å²) >= 11 is 5.81. The molecule has 0 N–H and O–H groups in total. The zero-order chi connectivity index (χ0) is 14.7. The van der Waals surface area contributed by atoms with E-state index in [4.69, 9.17) is 16.3 Å². The molecule has 1 aromatic heterocycles. The molecule has 0 unspecified atom stereocenters. The number of rotatable bonds is 4. The van der Waals surface area contributed by atoms with Crippen molar-refractivity contribution in [2.75, 3.05) is 6.61 Å². The molecule has 0 aliphatic carbocycles. The second kappa shape index (κ2) is 6.19. The Labute approximate surface area is 118 Å². The number of nitrogens with zero attached hydrogens (tertiary/aromatic N) is 2. The molecule has 2 aromatic rings. The van der Waals surface area contributed by atoms with Gasteiger partial charge in [-0.05, 0) is 13.0 Å². The van der Waals surface area contributed by atoms with E-state index in [0.717, 1.165) is 6.07 Å². The zero-order valence-electron chi connectivity index (χ0n) is 10.5. The first-order valence-corrected chi connectivity index (χ1v) is 6.15. The second-order valence-corrected chi connectivity index (χ2v) is 4.26. The molecule has 20 heavy (non-hydrogen) atoms. The quantitative estimate of drug-likeness (QED) is 0.637. The van der Waals surface area contributed by atoms with Crippen LogP contribution in [-0.4, -0.2) is 16.6 Å². The first-order valence-electron chi connectivity index (χ1n) is 5.77. The van der Waals surface area contributed by atoms with Crippen molar-refractivity contribution in [1.82, 2.24) is 9.97 Å². The summed E-state index contributed by atoms with van der Waals surface area (Å²) < 4.78 is 44.9. The smallest absolute Gasteiger partial charge is 0.161 e. The number of benzene rings is 1. The van der Waals surface area contributed by atoms with E-state index in [-0.39, 0.29) is 28.8 Å². The van der Waals surface area contributed by atoms with E-state index in [9.17, 15) is 13.2 Å². The molecule has 7 heteroatoms. The summed E-state index contributed by atoms with van der Waals surface area (Å²) in [5.74, 6) is -3.12. The third-order valence-corrected chi connectivity index (χ3v) is 2.66. The van der Waals surface area contributed by atoms with Crippen molar-refractivity contribution in [3.63, 3.8) is 0 Å². The van der Waals surface area contributed by atoms with Crippen LogP contribution in [0.25, 0.3) is 11.3 Å². The average Bonchev–Trinajstić information content (AvgIpc) is 2.40. The predicted octanol–water partition coefficient (Wildman–Crippen LogP) is 3.75. The maximum absolute atomic E-state index is 13.7. The number of hydrogen-bond donors (Lipinski definition) is 0. The lowest BCUT2D eigenvalue weighted by Crippen LogP contribution is -2.02. The average molecular weight is 303 g/mol. The highest BCUT2D eigenvalue weighted by molar-refractivity contribution is 6.29. The normalized spacial score (nSPS) is 10.8. The first kappa shape index (κ1) is 14.7. The molecular formula is C13H10ClF3N2O. The SMILES string of the molecule is CCOCc1nc(Cl)cc(-c2cc(F)c(F)cc2F)n1. The highest BCUT2D eigenvalue weighted by atomic mass is 35.5. The first-order chi connectivity index (χ1) is 9.51. The Hall–Kier alpha value is -1.66. The third-order valence-electron chi connectivity index (χ3n) is 2.46. The fourth-order valence-electron chi connectivity index (χ4n) is 1.58. The Morgan fingerprint density at radius 3 is 2.45 bits per heavy atom. The Morgan fingerprint density at radius 2 is 1.75 bits per heavy atom. The number of hydrogen-bond acceptors (Lipinski definition) is 3. The van der Waals surface area contributed by atoms with Gasteiger partial charge in [-0.15, -0.1) is 0 Å². The number of ether oxygens (including phenoxy) is 1. The zero-order valence-corrected chi connectivity index (χ0v) is 11.2. The highest BCUT2D eigenvalue weighted by Gasteiger charge is 2.14. The predicted molar refractivity (Wildman–Crippen MR) is 67.7 cm³/mol. The van der Waals surface area contributed by atoms with Crippen molar-refractivity contribution >= 4 is 11.6 Å². The molecule has 0 spiro atoms. The number of aromatic nitrogens is 2. The van der Waals surface area contributed by atoms with E-state index in [1.807, 2.05) is 0 Å². The van der Waals surface area contributed by atoms with Gasteiger partial charge in [0.1, 0.15) is 17.6 Å². The molecule has 2 rings (SSSR count). The summed E-state index contributed by atoms with van der Waals surface area (Å²) in [4.78, 5) is 7.93. The van der Waals surface area contributed by atoms with Crippen molar-refractivity contribution in [3.8, 4) is 11.3 Å². The Kier molecular flexibility index (Phi) is 4.57. The summed E-state index contributed by atoms with van der Waals surface area (Å²) in [6.45, 7) is 2.33. The molecule has 0 saturated carbocycles. The van der Waals surface area contributed by atoms with Crippen LogP contribution in [0.5, 0.6) is 0 Å².